The molecule has 0 saturated carbocycles. The molecule has 0 unspecified atom stereocenters. The minimum Gasteiger partial charge on any atom is -0.0656 e. The molecule has 0 fully saturated rings. The first kappa shape index (κ1) is 23.0. The van der Waals surface area contributed by atoms with E-state index >= 15 is 0 Å². The Morgan fingerprint density at radius 3 is 1.91 bits per heavy atom. The molecule has 0 aromatic heterocycles. The summed E-state index contributed by atoms with van der Waals surface area (Å²) in [6.45, 7) is 17.2. The predicted octanol–water partition coefficient (Wildman–Crippen LogP) is 7.85. The van der Waals surface area contributed by atoms with Crippen LogP contribution in [0.15, 0.2) is 66.2 Å². The molecule has 1 aliphatic carbocycles. The highest BCUT2D eigenvalue weighted by Crippen LogP contribution is 2.41. The van der Waals surface area contributed by atoms with Crippen LogP contribution in [0.25, 0.3) is 28.3 Å². The van der Waals surface area contributed by atoms with Crippen molar-refractivity contribution in [3.8, 4) is 22.3 Å². The van der Waals surface area contributed by atoms with Gasteiger partial charge in [0.15, 0.2) is 0 Å². The van der Waals surface area contributed by atoms with Gasteiger partial charge >= 0.3 is 0 Å². The standard InChI is InChI=1S/C30H38Si2/c1-8-12-22-17-24-15-16-28(23-13-10-9-11-14-23)30(29(24)18-22)25-19-26(31(2,3)4)21-27(20-25)32(5,6)7/h9-11,13-16,18-21H,8,12,17H2,1-7H3. The van der Waals surface area contributed by atoms with E-state index in [0.717, 1.165) is 6.42 Å². The zero-order valence-electron chi connectivity index (χ0n) is 21.0. The van der Waals surface area contributed by atoms with E-state index in [-0.39, 0.29) is 0 Å². The van der Waals surface area contributed by atoms with Crippen LogP contribution in [0.1, 0.15) is 30.9 Å². The van der Waals surface area contributed by atoms with Crippen molar-refractivity contribution in [1.29, 1.82) is 0 Å². The average molecular weight is 455 g/mol. The van der Waals surface area contributed by atoms with E-state index in [9.17, 15) is 0 Å². The first-order chi connectivity index (χ1) is 15.1. The molecule has 0 saturated heterocycles. The average Bonchev–Trinajstić information content (AvgIpc) is 3.15. The van der Waals surface area contributed by atoms with Crippen LogP contribution in [-0.2, 0) is 6.42 Å². The fourth-order valence-electron chi connectivity index (χ4n) is 4.77. The maximum atomic E-state index is 2.55. The quantitative estimate of drug-likeness (QED) is 0.333. The highest BCUT2D eigenvalue weighted by molar-refractivity contribution is 6.91. The number of allylic oxidation sites excluding steroid dienone is 1. The van der Waals surface area contributed by atoms with E-state index < -0.39 is 16.1 Å². The minimum absolute atomic E-state index is 1.11. The van der Waals surface area contributed by atoms with Crippen molar-refractivity contribution in [1.82, 2.24) is 0 Å². The minimum atomic E-state index is -1.45. The second-order valence-electron chi connectivity index (χ2n) is 11.5. The Morgan fingerprint density at radius 2 is 1.34 bits per heavy atom. The molecule has 0 spiro atoms. The maximum absolute atomic E-state index is 2.55. The smallest absolute Gasteiger partial charge is 0.0656 e. The van der Waals surface area contributed by atoms with E-state index in [4.69, 9.17) is 0 Å². The Labute approximate surface area is 197 Å². The van der Waals surface area contributed by atoms with Gasteiger partial charge in [-0.15, -0.1) is 0 Å². The number of benzene rings is 3. The van der Waals surface area contributed by atoms with Gasteiger partial charge in [0, 0.05) is 0 Å². The molecule has 0 nitrogen and oxygen atoms in total. The van der Waals surface area contributed by atoms with Gasteiger partial charge in [0.05, 0.1) is 16.1 Å². The van der Waals surface area contributed by atoms with Crippen LogP contribution >= 0.6 is 0 Å². The van der Waals surface area contributed by atoms with Crippen LogP contribution in [0.5, 0.6) is 0 Å². The molecule has 0 aliphatic heterocycles. The molecule has 0 bridgehead atoms. The zero-order valence-corrected chi connectivity index (χ0v) is 23.0. The van der Waals surface area contributed by atoms with Crippen LogP contribution in [0.3, 0.4) is 0 Å². The van der Waals surface area contributed by atoms with E-state index in [1.165, 1.54) is 46.2 Å². The molecule has 0 amide bonds. The van der Waals surface area contributed by atoms with E-state index in [2.05, 4.69) is 113 Å². The Bertz CT molecular complexity index is 1120. The van der Waals surface area contributed by atoms with Crippen molar-refractivity contribution in [3.05, 3.63) is 77.4 Å². The summed E-state index contributed by atoms with van der Waals surface area (Å²) in [6.07, 6.45) is 6.03. The molecule has 2 heteroatoms. The number of hydrogen-bond donors (Lipinski definition) is 0. The highest BCUT2D eigenvalue weighted by atomic mass is 28.3. The van der Waals surface area contributed by atoms with Crippen LogP contribution in [-0.4, -0.2) is 16.1 Å². The van der Waals surface area contributed by atoms with Crippen molar-refractivity contribution in [3.63, 3.8) is 0 Å². The lowest BCUT2D eigenvalue weighted by Gasteiger charge is -2.25. The lowest BCUT2D eigenvalue weighted by molar-refractivity contribution is 0.886. The molecule has 3 aromatic carbocycles. The highest BCUT2D eigenvalue weighted by Gasteiger charge is 2.26. The summed E-state index contributed by atoms with van der Waals surface area (Å²) in [5, 5.41) is 3.17. The maximum Gasteiger partial charge on any atom is 0.0776 e. The predicted molar refractivity (Wildman–Crippen MR) is 150 cm³/mol. The van der Waals surface area contributed by atoms with Crippen molar-refractivity contribution >= 4 is 32.6 Å². The Kier molecular flexibility index (Phi) is 6.22. The Balaban J connectivity index is 2.04. The van der Waals surface area contributed by atoms with Crippen LogP contribution in [0.2, 0.25) is 39.3 Å². The molecular formula is C30H38Si2. The fraction of sp³-hybridized carbons (Fsp3) is 0.333. The van der Waals surface area contributed by atoms with Gasteiger partial charge in [0.1, 0.15) is 0 Å². The summed E-state index contributed by atoms with van der Waals surface area (Å²) in [6, 6.07) is 23.3. The topological polar surface area (TPSA) is 0 Å². The molecule has 0 radical (unpaired) electrons. The fourth-order valence-corrected chi connectivity index (χ4v) is 7.27. The van der Waals surface area contributed by atoms with Crippen LogP contribution in [0, 0.1) is 0 Å². The van der Waals surface area contributed by atoms with Gasteiger partial charge in [0.2, 0.25) is 0 Å². The van der Waals surface area contributed by atoms with E-state index in [1.54, 1.807) is 15.9 Å². The summed E-state index contributed by atoms with van der Waals surface area (Å²) in [4.78, 5) is 0. The second kappa shape index (κ2) is 8.64. The lowest BCUT2D eigenvalue weighted by atomic mass is 9.89. The third-order valence-electron chi connectivity index (χ3n) is 6.71. The largest absolute Gasteiger partial charge is 0.0776 e. The third kappa shape index (κ3) is 4.62. The van der Waals surface area contributed by atoms with Crippen molar-refractivity contribution in [2.24, 2.45) is 0 Å². The van der Waals surface area contributed by atoms with Crippen molar-refractivity contribution < 1.29 is 0 Å². The first-order valence-electron chi connectivity index (χ1n) is 12.1. The molecule has 1 aliphatic rings. The molecule has 32 heavy (non-hydrogen) atoms. The van der Waals surface area contributed by atoms with Gasteiger partial charge in [-0.2, -0.15) is 0 Å². The van der Waals surface area contributed by atoms with Gasteiger partial charge in [-0.25, -0.2) is 0 Å². The normalized spacial score (nSPS) is 13.8. The summed E-state index contributed by atoms with van der Waals surface area (Å²) in [5.41, 5.74) is 10.1. The number of fused-ring (bicyclic) bond motifs is 1. The van der Waals surface area contributed by atoms with E-state index in [1.807, 2.05) is 0 Å². The third-order valence-corrected chi connectivity index (χ3v) is 10.8. The lowest BCUT2D eigenvalue weighted by Crippen LogP contribution is -2.45. The second-order valence-corrected chi connectivity index (χ2v) is 21.6. The van der Waals surface area contributed by atoms with Gasteiger partial charge in [-0.3, -0.25) is 0 Å². The summed E-state index contributed by atoms with van der Waals surface area (Å²) in [7, 11) is -2.90. The SMILES string of the molecule is CCCC1=Cc2c(ccc(-c3ccccc3)c2-c2cc([Si](C)(C)C)cc([Si](C)(C)C)c2)C1. The van der Waals surface area contributed by atoms with Crippen molar-refractivity contribution in [2.45, 2.75) is 65.5 Å². The molecule has 0 heterocycles. The summed E-state index contributed by atoms with van der Waals surface area (Å²) >= 11 is 0. The van der Waals surface area contributed by atoms with Crippen LogP contribution in [0.4, 0.5) is 0 Å². The molecular weight excluding hydrogens is 417 g/mol. The first-order valence-corrected chi connectivity index (χ1v) is 19.1. The van der Waals surface area contributed by atoms with Gasteiger partial charge in [0.25, 0.3) is 0 Å². The van der Waals surface area contributed by atoms with Gasteiger partial charge in [-0.05, 0) is 46.2 Å². The summed E-state index contributed by atoms with van der Waals surface area (Å²) < 4.78 is 0. The molecule has 0 atom stereocenters. The molecule has 3 aromatic rings. The van der Waals surface area contributed by atoms with Gasteiger partial charge < -0.3 is 0 Å². The zero-order chi connectivity index (χ0) is 23.1. The Hall–Kier alpha value is -2.17. The Morgan fingerprint density at radius 1 is 0.719 bits per heavy atom. The van der Waals surface area contributed by atoms with Gasteiger partial charge in [-0.1, -0.05) is 135 Å². The number of hydrogen-bond acceptors (Lipinski definition) is 0. The van der Waals surface area contributed by atoms with Crippen LogP contribution < -0.4 is 10.4 Å². The van der Waals surface area contributed by atoms with Crippen molar-refractivity contribution in [2.75, 3.05) is 0 Å². The van der Waals surface area contributed by atoms with E-state index in [0.29, 0.717) is 0 Å². The molecule has 0 N–H and O–H groups in total. The molecule has 166 valence electrons. The summed E-state index contributed by atoms with van der Waals surface area (Å²) in [5.74, 6) is 0. The monoisotopic (exact) mass is 454 g/mol. The molecule has 4 rings (SSSR count). The number of rotatable bonds is 6.